The Balaban J connectivity index is 1.43. The zero-order valence-electron chi connectivity index (χ0n) is 15.6. The Morgan fingerprint density at radius 1 is 1.29 bits per heavy atom. The average molecular weight is 397 g/mol. The van der Waals surface area contributed by atoms with Crippen molar-refractivity contribution in [2.45, 2.75) is 44.6 Å². The first-order valence-electron chi connectivity index (χ1n) is 9.71. The Labute approximate surface area is 167 Å². The number of ether oxygens (including phenoxy) is 1. The normalized spacial score (nSPS) is 17.4. The second-order valence-electron chi connectivity index (χ2n) is 7.55. The lowest BCUT2D eigenvalue weighted by Gasteiger charge is -2.28. The van der Waals surface area contributed by atoms with Crippen LogP contribution in [0.2, 0.25) is 5.02 Å². The molecule has 1 fully saturated rings. The van der Waals surface area contributed by atoms with Gasteiger partial charge in [-0.25, -0.2) is 9.78 Å². The number of aryl methyl sites for hydroxylation is 1. The zero-order valence-corrected chi connectivity index (χ0v) is 16.4. The van der Waals surface area contributed by atoms with Crippen molar-refractivity contribution in [2.75, 3.05) is 11.4 Å². The van der Waals surface area contributed by atoms with E-state index in [0.29, 0.717) is 11.6 Å². The number of aromatic nitrogens is 3. The maximum Gasteiger partial charge on any atom is 0.414 e. The first-order chi connectivity index (χ1) is 13.6. The number of benzene rings is 1. The first kappa shape index (κ1) is 17.5. The minimum Gasteiger partial charge on any atom is -0.446 e. The van der Waals surface area contributed by atoms with Gasteiger partial charge in [0.05, 0.1) is 34.0 Å². The third kappa shape index (κ3) is 3.22. The zero-order chi connectivity index (χ0) is 19.3. The molecule has 6 nitrogen and oxygen atoms in total. The summed E-state index contributed by atoms with van der Waals surface area (Å²) in [6, 6.07) is 9.59. The summed E-state index contributed by atoms with van der Waals surface area (Å²) in [5.74, 6) is 0.857. The van der Waals surface area contributed by atoms with Gasteiger partial charge in [-0.2, -0.15) is 0 Å². The molecule has 1 aliphatic heterocycles. The highest BCUT2D eigenvalue weighted by Crippen LogP contribution is 2.32. The van der Waals surface area contributed by atoms with Crippen LogP contribution in [-0.4, -0.2) is 33.7 Å². The molecule has 28 heavy (non-hydrogen) atoms. The van der Waals surface area contributed by atoms with E-state index in [4.69, 9.17) is 21.3 Å². The standard InChI is InChI=1S/C21H21ClN4O2/c1-12(20-24-16-7-4-13(22)11-18(16)25-20)15-8-9-19-17(23-15)3-2-10-26(19)21(27)28-14-5-6-14/h4,7-9,11-12,14H,2-3,5-6,10H2,1H3,(H,24,25)/t12-/m0/s1. The molecule has 1 atom stereocenters. The number of pyridine rings is 1. The molecule has 1 aliphatic carbocycles. The van der Waals surface area contributed by atoms with Gasteiger partial charge in [-0.15, -0.1) is 0 Å². The number of hydrogen-bond acceptors (Lipinski definition) is 4. The van der Waals surface area contributed by atoms with Crippen LogP contribution in [0.4, 0.5) is 10.5 Å². The fourth-order valence-corrected chi connectivity index (χ4v) is 3.81. The van der Waals surface area contributed by atoms with E-state index in [9.17, 15) is 4.79 Å². The Hall–Kier alpha value is -2.60. The fraction of sp³-hybridized carbons (Fsp3) is 0.381. The summed E-state index contributed by atoms with van der Waals surface area (Å²) in [6.45, 7) is 2.76. The topological polar surface area (TPSA) is 71.1 Å². The van der Waals surface area contributed by atoms with E-state index in [-0.39, 0.29) is 18.1 Å². The molecule has 0 unspecified atom stereocenters. The lowest BCUT2D eigenvalue weighted by molar-refractivity contribution is 0.146. The van der Waals surface area contributed by atoms with Crippen LogP contribution >= 0.6 is 11.6 Å². The number of carbonyl (C=O) groups excluding carboxylic acids is 1. The summed E-state index contributed by atoms with van der Waals surface area (Å²) < 4.78 is 5.48. The minimum atomic E-state index is -0.250. The van der Waals surface area contributed by atoms with E-state index < -0.39 is 0 Å². The number of halogens is 1. The number of carbonyl (C=O) groups is 1. The molecule has 1 aromatic carbocycles. The second-order valence-corrected chi connectivity index (χ2v) is 7.98. The van der Waals surface area contributed by atoms with E-state index in [2.05, 4.69) is 16.9 Å². The van der Waals surface area contributed by atoms with Crippen LogP contribution in [0.5, 0.6) is 0 Å². The van der Waals surface area contributed by atoms with Gasteiger partial charge in [-0.3, -0.25) is 9.88 Å². The highest BCUT2D eigenvalue weighted by molar-refractivity contribution is 6.31. The number of fused-ring (bicyclic) bond motifs is 2. The van der Waals surface area contributed by atoms with Gasteiger partial charge in [0, 0.05) is 11.6 Å². The molecule has 0 radical (unpaired) electrons. The highest BCUT2D eigenvalue weighted by atomic mass is 35.5. The van der Waals surface area contributed by atoms with Gasteiger partial charge in [0.1, 0.15) is 11.9 Å². The van der Waals surface area contributed by atoms with Gasteiger partial charge in [0.2, 0.25) is 0 Å². The van der Waals surface area contributed by atoms with Crippen molar-refractivity contribution >= 4 is 34.4 Å². The van der Waals surface area contributed by atoms with Crippen LogP contribution in [-0.2, 0) is 11.2 Å². The largest absolute Gasteiger partial charge is 0.446 e. The molecule has 2 aromatic heterocycles. The Morgan fingerprint density at radius 2 is 2.14 bits per heavy atom. The second kappa shape index (κ2) is 6.78. The summed E-state index contributed by atoms with van der Waals surface area (Å²) in [7, 11) is 0. The number of anilines is 1. The lowest BCUT2D eigenvalue weighted by atomic mass is 10.0. The number of hydrogen-bond donors (Lipinski definition) is 1. The van der Waals surface area contributed by atoms with E-state index in [1.807, 2.05) is 30.3 Å². The number of nitrogens with zero attached hydrogens (tertiary/aromatic N) is 3. The predicted octanol–water partition coefficient (Wildman–Crippen LogP) is 4.81. The van der Waals surface area contributed by atoms with Crippen molar-refractivity contribution in [3.63, 3.8) is 0 Å². The van der Waals surface area contributed by atoms with Crippen LogP contribution in [0.15, 0.2) is 30.3 Å². The van der Waals surface area contributed by atoms with Gasteiger partial charge in [-0.05, 0) is 62.9 Å². The molecule has 3 heterocycles. The highest BCUT2D eigenvalue weighted by Gasteiger charge is 2.31. The van der Waals surface area contributed by atoms with Crippen molar-refractivity contribution < 1.29 is 9.53 Å². The molecule has 1 N–H and O–H groups in total. The monoisotopic (exact) mass is 396 g/mol. The third-order valence-electron chi connectivity index (χ3n) is 5.39. The molecular formula is C21H21ClN4O2. The number of nitrogens with one attached hydrogen (secondary N) is 1. The van der Waals surface area contributed by atoms with Gasteiger partial charge < -0.3 is 9.72 Å². The number of amides is 1. The summed E-state index contributed by atoms with van der Waals surface area (Å²) in [5.41, 5.74) is 4.55. The lowest BCUT2D eigenvalue weighted by Crippen LogP contribution is -2.36. The first-order valence-corrected chi connectivity index (χ1v) is 10.1. The van der Waals surface area contributed by atoms with Crippen LogP contribution in [0.25, 0.3) is 11.0 Å². The van der Waals surface area contributed by atoms with Gasteiger partial charge in [0.25, 0.3) is 0 Å². The smallest absolute Gasteiger partial charge is 0.414 e. The van der Waals surface area contributed by atoms with E-state index in [0.717, 1.165) is 59.6 Å². The number of imidazole rings is 1. The number of H-pyrrole nitrogens is 1. The SMILES string of the molecule is C[C@@H](c1ccc2c(n1)CCCN2C(=O)OC1CC1)c1nc2ccc(Cl)cc2[nH]1. The van der Waals surface area contributed by atoms with Crippen LogP contribution < -0.4 is 4.90 Å². The van der Waals surface area contributed by atoms with Gasteiger partial charge >= 0.3 is 6.09 Å². The molecule has 0 bridgehead atoms. The van der Waals surface area contributed by atoms with Crippen molar-refractivity contribution in [1.82, 2.24) is 15.0 Å². The van der Waals surface area contributed by atoms with Crippen LogP contribution in [0, 0.1) is 0 Å². The van der Waals surface area contributed by atoms with Crippen molar-refractivity contribution in [3.8, 4) is 0 Å². The Morgan fingerprint density at radius 3 is 2.96 bits per heavy atom. The van der Waals surface area contributed by atoms with Gasteiger partial charge in [0.15, 0.2) is 0 Å². The Kier molecular flexibility index (Phi) is 4.23. The fourth-order valence-electron chi connectivity index (χ4n) is 3.64. The molecular weight excluding hydrogens is 376 g/mol. The molecule has 7 heteroatoms. The molecule has 5 rings (SSSR count). The van der Waals surface area contributed by atoms with E-state index in [1.54, 1.807) is 4.90 Å². The molecule has 2 aliphatic rings. The van der Waals surface area contributed by atoms with Gasteiger partial charge in [-0.1, -0.05) is 11.6 Å². The van der Waals surface area contributed by atoms with Crippen LogP contribution in [0.1, 0.15) is 49.3 Å². The van der Waals surface area contributed by atoms with Crippen molar-refractivity contribution in [2.24, 2.45) is 0 Å². The predicted molar refractivity (Wildman–Crippen MR) is 108 cm³/mol. The number of rotatable bonds is 3. The molecule has 1 saturated carbocycles. The average Bonchev–Trinajstić information content (AvgIpc) is 3.41. The minimum absolute atomic E-state index is 0.00488. The maximum absolute atomic E-state index is 12.4. The molecule has 3 aromatic rings. The Bertz CT molecular complexity index is 1060. The summed E-state index contributed by atoms with van der Waals surface area (Å²) >= 11 is 6.08. The summed E-state index contributed by atoms with van der Waals surface area (Å²) in [4.78, 5) is 27.1. The molecule has 0 spiro atoms. The third-order valence-corrected chi connectivity index (χ3v) is 5.62. The summed E-state index contributed by atoms with van der Waals surface area (Å²) in [6.07, 6.45) is 3.56. The van der Waals surface area contributed by atoms with Crippen molar-refractivity contribution in [1.29, 1.82) is 0 Å². The van der Waals surface area contributed by atoms with Crippen LogP contribution in [0.3, 0.4) is 0 Å². The summed E-state index contributed by atoms with van der Waals surface area (Å²) in [5, 5.41) is 0.681. The quantitative estimate of drug-likeness (QED) is 0.689. The van der Waals surface area contributed by atoms with Crippen molar-refractivity contribution in [3.05, 3.63) is 52.6 Å². The maximum atomic E-state index is 12.4. The molecule has 144 valence electrons. The number of aromatic amines is 1. The molecule has 1 amide bonds. The van der Waals surface area contributed by atoms with E-state index >= 15 is 0 Å². The van der Waals surface area contributed by atoms with E-state index in [1.165, 1.54) is 0 Å². The molecule has 0 saturated heterocycles.